The molecule has 0 fully saturated rings. The summed E-state index contributed by atoms with van der Waals surface area (Å²) in [6, 6.07) is 7.35. The number of nitrogens with two attached hydrogens (primary N) is 1. The normalized spacial score (nSPS) is 9.79. The van der Waals surface area contributed by atoms with Gasteiger partial charge in [-0.25, -0.2) is 0 Å². The zero-order chi connectivity index (χ0) is 9.42. The molecule has 0 amide bonds. The van der Waals surface area contributed by atoms with Crippen LogP contribution in [0.1, 0.15) is 0 Å². The number of aryl methyl sites for hydroxylation is 1. The molecule has 1 heterocycles. The van der Waals surface area contributed by atoms with Crippen molar-refractivity contribution in [3.63, 3.8) is 0 Å². The lowest BCUT2D eigenvalue weighted by Crippen LogP contribution is -2.16. The van der Waals surface area contributed by atoms with E-state index in [1.54, 1.807) is 19.3 Å². The summed E-state index contributed by atoms with van der Waals surface area (Å²) in [5.41, 5.74) is 6.21. The van der Waals surface area contributed by atoms with E-state index >= 15 is 0 Å². The molecule has 0 aliphatic rings. The number of anilines is 1. The summed E-state index contributed by atoms with van der Waals surface area (Å²) in [7, 11) is 1.72. The topological polar surface area (TPSA) is 48.0 Å². The Hall–Kier alpha value is -1.48. The summed E-state index contributed by atoms with van der Waals surface area (Å²) in [6.07, 6.45) is 1.74. The molecule has 0 radical (unpaired) electrons. The molecule has 14 heavy (non-hydrogen) atoms. The van der Waals surface area contributed by atoms with Gasteiger partial charge in [0.1, 0.15) is 0 Å². The van der Waals surface area contributed by atoms with Crippen molar-refractivity contribution in [1.82, 2.24) is 4.57 Å². The van der Waals surface area contributed by atoms with Gasteiger partial charge in [-0.3, -0.25) is 4.79 Å². The van der Waals surface area contributed by atoms with Crippen LogP contribution in [0.5, 0.6) is 0 Å². The molecule has 2 aromatic rings. The molecule has 2 rings (SSSR count). The van der Waals surface area contributed by atoms with Gasteiger partial charge in [0.15, 0.2) is 0 Å². The molecule has 0 aliphatic carbocycles. The average molecular weight is 211 g/mol. The van der Waals surface area contributed by atoms with Gasteiger partial charge in [-0.05, 0) is 17.5 Å². The molecule has 2 N–H and O–H groups in total. The highest BCUT2D eigenvalue weighted by Gasteiger charge is 2.02. The van der Waals surface area contributed by atoms with E-state index in [9.17, 15) is 4.79 Å². The average Bonchev–Trinajstić information content (AvgIpc) is 2.12. The third-order valence-corrected chi connectivity index (χ3v) is 2.14. The minimum atomic E-state index is -0.0457. The highest BCUT2D eigenvalue weighted by atomic mass is 35.5. The SMILES string of the molecule is Cl.Cn1ccc2cccc(N)c2c1=O. The van der Waals surface area contributed by atoms with Crippen LogP contribution in [0.25, 0.3) is 10.8 Å². The molecule has 1 aromatic heterocycles. The van der Waals surface area contributed by atoms with Crippen LogP contribution < -0.4 is 11.3 Å². The van der Waals surface area contributed by atoms with Gasteiger partial charge in [0.2, 0.25) is 0 Å². The zero-order valence-corrected chi connectivity index (χ0v) is 8.54. The lowest BCUT2D eigenvalue weighted by atomic mass is 10.1. The number of fused-ring (bicyclic) bond motifs is 1. The monoisotopic (exact) mass is 210 g/mol. The van der Waals surface area contributed by atoms with Crippen molar-refractivity contribution in [1.29, 1.82) is 0 Å². The van der Waals surface area contributed by atoms with E-state index in [0.29, 0.717) is 11.1 Å². The summed E-state index contributed by atoms with van der Waals surface area (Å²) in [6.45, 7) is 0. The number of hydrogen-bond donors (Lipinski definition) is 1. The molecule has 0 spiro atoms. The Morgan fingerprint density at radius 3 is 2.71 bits per heavy atom. The van der Waals surface area contributed by atoms with E-state index in [0.717, 1.165) is 5.39 Å². The first-order chi connectivity index (χ1) is 6.20. The van der Waals surface area contributed by atoms with E-state index in [2.05, 4.69) is 0 Å². The predicted molar refractivity (Wildman–Crippen MR) is 60.8 cm³/mol. The maximum absolute atomic E-state index is 11.6. The van der Waals surface area contributed by atoms with E-state index in [1.807, 2.05) is 18.2 Å². The summed E-state index contributed by atoms with van der Waals surface area (Å²) >= 11 is 0. The van der Waals surface area contributed by atoms with Crippen molar-refractivity contribution in [2.45, 2.75) is 0 Å². The quantitative estimate of drug-likeness (QED) is 0.671. The summed E-state index contributed by atoms with van der Waals surface area (Å²) in [5.74, 6) is 0. The molecular weight excluding hydrogens is 200 g/mol. The molecule has 3 nitrogen and oxygen atoms in total. The molecular formula is C10H11ClN2O. The van der Waals surface area contributed by atoms with Crippen LogP contribution in [0.3, 0.4) is 0 Å². The highest BCUT2D eigenvalue weighted by Crippen LogP contribution is 2.15. The summed E-state index contributed by atoms with van der Waals surface area (Å²) in [5, 5.41) is 1.50. The molecule has 0 unspecified atom stereocenters. The predicted octanol–water partition coefficient (Wildman–Crippen LogP) is 1.54. The van der Waals surface area contributed by atoms with Crippen molar-refractivity contribution in [2.75, 3.05) is 5.73 Å². The molecule has 4 heteroatoms. The third-order valence-electron chi connectivity index (χ3n) is 2.14. The van der Waals surface area contributed by atoms with E-state index < -0.39 is 0 Å². The van der Waals surface area contributed by atoms with Gasteiger partial charge in [-0.2, -0.15) is 0 Å². The maximum atomic E-state index is 11.6. The van der Waals surface area contributed by atoms with Gasteiger partial charge in [-0.1, -0.05) is 12.1 Å². The standard InChI is InChI=1S/C10H10N2O.ClH/c1-12-6-5-7-3-2-4-8(11)9(7)10(12)13;/h2-6H,11H2,1H3;1H. The lowest BCUT2D eigenvalue weighted by molar-refractivity contribution is 0.873. The number of rotatable bonds is 0. The largest absolute Gasteiger partial charge is 0.398 e. The van der Waals surface area contributed by atoms with E-state index in [4.69, 9.17) is 5.73 Å². The first-order valence-electron chi connectivity index (χ1n) is 4.04. The van der Waals surface area contributed by atoms with Crippen LogP contribution in [0.15, 0.2) is 35.3 Å². The minimum Gasteiger partial charge on any atom is -0.398 e. The highest BCUT2D eigenvalue weighted by molar-refractivity contribution is 5.91. The van der Waals surface area contributed by atoms with Crippen molar-refractivity contribution in [2.24, 2.45) is 7.05 Å². The first kappa shape index (κ1) is 10.6. The Morgan fingerprint density at radius 1 is 1.29 bits per heavy atom. The lowest BCUT2D eigenvalue weighted by Gasteiger charge is -2.02. The summed E-state index contributed by atoms with van der Waals surface area (Å²) < 4.78 is 1.53. The van der Waals surface area contributed by atoms with Gasteiger partial charge in [-0.15, -0.1) is 12.4 Å². The van der Waals surface area contributed by atoms with Crippen LogP contribution in [-0.2, 0) is 7.05 Å². The van der Waals surface area contributed by atoms with Gasteiger partial charge < -0.3 is 10.3 Å². The second-order valence-electron chi connectivity index (χ2n) is 3.04. The van der Waals surface area contributed by atoms with Gasteiger partial charge in [0.25, 0.3) is 5.56 Å². The minimum absolute atomic E-state index is 0. The van der Waals surface area contributed by atoms with E-state index in [1.165, 1.54) is 4.57 Å². The fourth-order valence-electron chi connectivity index (χ4n) is 1.41. The molecule has 1 aromatic carbocycles. The molecule has 0 saturated carbocycles. The van der Waals surface area contributed by atoms with Crippen LogP contribution in [0.2, 0.25) is 0 Å². The van der Waals surface area contributed by atoms with E-state index in [-0.39, 0.29) is 18.0 Å². The first-order valence-corrected chi connectivity index (χ1v) is 4.04. The van der Waals surface area contributed by atoms with Gasteiger partial charge in [0, 0.05) is 18.9 Å². The Bertz CT molecular complexity index is 519. The van der Waals surface area contributed by atoms with Crippen molar-refractivity contribution in [3.8, 4) is 0 Å². The van der Waals surface area contributed by atoms with Crippen molar-refractivity contribution < 1.29 is 0 Å². The fourth-order valence-corrected chi connectivity index (χ4v) is 1.41. The number of hydrogen-bond acceptors (Lipinski definition) is 2. The van der Waals surface area contributed by atoms with Crippen LogP contribution in [0, 0.1) is 0 Å². The Labute approximate surface area is 87.6 Å². The number of halogens is 1. The number of benzene rings is 1. The zero-order valence-electron chi connectivity index (χ0n) is 7.73. The third kappa shape index (κ3) is 1.46. The van der Waals surface area contributed by atoms with Crippen LogP contribution >= 0.6 is 12.4 Å². The van der Waals surface area contributed by atoms with Gasteiger partial charge >= 0.3 is 0 Å². The van der Waals surface area contributed by atoms with Crippen molar-refractivity contribution in [3.05, 3.63) is 40.8 Å². The van der Waals surface area contributed by atoms with Gasteiger partial charge in [0.05, 0.1) is 5.39 Å². The molecule has 0 bridgehead atoms. The fraction of sp³-hybridized carbons (Fsp3) is 0.100. The Morgan fingerprint density at radius 2 is 2.00 bits per heavy atom. The number of pyridine rings is 1. The van der Waals surface area contributed by atoms with Crippen LogP contribution in [0.4, 0.5) is 5.69 Å². The van der Waals surface area contributed by atoms with Crippen molar-refractivity contribution >= 4 is 28.9 Å². The second kappa shape index (κ2) is 3.72. The molecule has 0 atom stereocenters. The number of nitrogen functional groups attached to an aromatic ring is 1. The van der Waals surface area contributed by atoms with Crippen LogP contribution in [-0.4, -0.2) is 4.57 Å². The number of nitrogens with zero attached hydrogens (tertiary/aromatic N) is 1. The molecule has 0 aliphatic heterocycles. The second-order valence-corrected chi connectivity index (χ2v) is 3.04. The number of aromatic nitrogens is 1. The Kier molecular flexibility index (Phi) is 2.81. The smallest absolute Gasteiger partial charge is 0.260 e. The Balaban J connectivity index is 0.000000980. The molecule has 0 saturated heterocycles. The molecule has 74 valence electrons. The summed E-state index contributed by atoms with van der Waals surface area (Å²) in [4.78, 5) is 11.6. The maximum Gasteiger partial charge on any atom is 0.260 e.